The van der Waals surface area contributed by atoms with Gasteiger partial charge in [0, 0.05) is 23.7 Å². The summed E-state index contributed by atoms with van der Waals surface area (Å²) >= 11 is 0. The maximum absolute atomic E-state index is 12.9. The molecule has 28 aliphatic rings. The van der Waals surface area contributed by atoms with Gasteiger partial charge in [-0.25, -0.2) is 0 Å². The Hall–Kier alpha value is -2.28. The van der Waals surface area contributed by atoms with E-state index in [-0.39, 0.29) is 89.6 Å². The van der Waals surface area contributed by atoms with Gasteiger partial charge in [0.15, 0.2) is 0 Å². The molecule has 28 saturated carbocycles. The monoisotopic (exact) mass is 1280 g/mol. The minimum atomic E-state index is -0.427. The SMILES string of the molecule is C.C.CCC(C)(C)C(=O)OC12CC3C4CC5(O)CC3C(C1)C(C5)C4C2.CCC(C)(C)C(=O)OC12CC3CC4C1CC1CC2C(C3)C4(O)C1.CCC(C)C(=O)OC12CC3C4CC5(O)CC3C(C1)C(C5)C4C2.CCC(C)C(=O)OC12CC3CC4C1CC1CC2C(C3)C4(O)C1. The lowest BCUT2D eigenvalue weighted by atomic mass is 9.32. The molecule has 0 amide bonds. The van der Waals surface area contributed by atoms with Crippen LogP contribution in [0.1, 0.15) is 264 Å². The van der Waals surface area contributed by atoms with E-state index in [4.69, 9.17) is 18.9 Å². The molecule has 0 radical (unpaired) electrons. The number of carbonyl (C=O) groups excluding carboxylic acids is 4. The van der Waals surface area contributed by atoms with Gasteiger partial charge in [0.25, 0.3) is 0 Å². The molecule has 0 saturated heterocycles. The van der Waals surface area contributed by atoms with Crippen LogP contribution in [0.2, 0.25) is 0 Å². The normalized spacial score (nSPS) is 55.5. The first kappa shape index (κ1) is 65.6. The van der Waals surface area contributed by atoms with E-state index in [0.29, 0.717) is 107 Å². The zero-order valence-electron chi connectivity index (χ0n) is 56.9. The Morgan fingerprint density at radius 3 is 0.913 bits per heavy atom. The Morgan fingerprint density at radius 2 is 0.609 bits per heavy atom. The number of ether oxygens (including phenoxy) is 4. The highest BCUT2D eigenvalue weighted by molar-refractivity contribution is 5.77. The summed E-state index contributed by atoms with van der Waals surface area (Å²) in [7, 11) is 0. The minimum absolute atomic E-state index is 0. The maximum Gasteiger partial charge on any atom is 0.312 e. The number of aliphatic hydroxyl groups is 4. The predicted molar refractivity (Wildman–Crippen MR) is 350 cm³/mol. The van der Waals surface area contributed by atoms with Crippen molar-refractivity contribution >= 4 is 23.9 Å². The quantitative estimate of drug-likeness (QED) is 0.107. The molecule has 28 aliphatic carbocycles. The molecular formula is C80H124O12. The molecule has 32 bridgehead atoms. The molecular weight excluding hydrogens is 1150 g/mol. The molecule has 28 fully saturated rings. The summed E-state index contributed by atoms with van der Waals surface area (Å²) in [4.78, 5) is 50.6. The van der Waals surface area contributed by atoms with Crippen LogP contribution in [0, 0.1) is 165 Å². The van der Waals surface area contributed by atoms with Crippen molar-refractivity contribution in [1.29, 1.82) is 0 Å². The molecule has 92 heavy (non-hydrogen) atoms. The number of rotatable bonds is 12. The van der Waals surface area contributed by atoms with Crippen LogP contribution >= 0.6 is 0 Å². The van der Waals surface area contributed by atoms with Crippen molar-refractivity contribution in [2.45, 2.75) is 309 Å². The Morgan fingerprint density at radius 1 is 0.359 bits per heavy atom. The van der Waals surface area contributed by atoms with Gasteiger partial charge in [0.05, 0.1) is 45.1 Å². The summed E-state index contributed by atoms with van der Waals surface area (Å²) in [6.45, 7) is 20.3. The zero-order valence-corrected chi connectivity index (χ0v) is 56.9. The van der Waals surface area contributed by atoms with E-state index in [1.807, 2.05) is 41.5 Å². The molecule has 0 heterocycles. The lowest BCUT2D eigenvalue weighted by Crippen LogP contribution is -2.78. The van der Waals surface area contributed by atoms with Crippen LogP contribution in [0.4, 0.5) is 0 Å². The van der Waals surface area contributed by atoms with Crippen molar-refractivity contribution in [2.75, 3.05) is 0 Å². The van der Waals surface area contributed by atoms with Gasteiger partial charge in [-0.2, -0.15) is 0 Å². The van der Waals surface area contributed by atoms with Crippen molar-refractivity contribution in [2.24, 2.45) is 165 Å². The van der Waals surface area contributed by atoms with Gasteiger partial charge in [0.2, 0.25) is 0 Å². The van der Waals surface area contributed by atoms with Crippen molar-refractivity contribution < 1.29 is 58.6 Å². The minimum Gasteiger partial charge on any atom is -0.459 e. The summed E-state index contributed by atoms with van der Waals surface area (Å²) in [6, 6.07) is 0. The summed E-state index contributed by atoms with van der Waals surface area (Å²) in [5.74, 6) is 14.7. The molecule has 28 rings (SSSR count). The Balaban J connectivity index is 0.000000101. The van der Waals surface area contributed by atoms with E-state index < -0.39 is 16.6 Å². The number of hydrogen-bond acceptors (Lipinski definition) is 12. The molecule has 12 heteroatoms. The predicted octanol–water partition coefficient (Wildman–Crippen LogP) is 14.7. The van der Waals surface area contributed by atoms with Gasteiger partial charge in [-0.1, -0.05) is 56.4 Å². The van der Waals surface area contributed by atoms with Crippen molar-refractivity contribution in [3.8, 4) is 0 Å². The molecule has 0 aromatic carbocycles. The van der Waals surface area contributed by atoms with Gasteiger partial charge in [0.1, 0.15) is 22.4 Å². The molecule has 0 spiro atoms. The van der Waals surface area contributed by atoms with E-state index in [2.05, 4.69) is 27.7 Å². The highest BCUT2D eigenvalue weighted by Crippen LogP contribution is 2.79. The fourth-order valence-electron chi connectivity index (χ4n) is 29.9. The molecule has 516 valence electrons. The van der Waals surface area contributed by atoms with Gasteiger partial charge in [-0.05, 0) is 326 Å². The van der Waals surface area contributed by atoms with Crippen LogP contribution in [-0.2, 0) is 38.1 Å². The maximum atomic E-state index is 12.9. The van der Waals surface area contributed by atoms with Crippen LogP contribution in [0.25, 0.3) is 0 Å². The number of hydrogen-bond donors (Lipinski definition) is 4. The van der Waals surface area contributed by atoms with E-state index in [9.17, 15) is 39.6 Å². The van der Waals surface area contributed by atoms with Crippen LogP contribution in [0.15, 0.2) is 0 Å². The highest BCUT2D eigenvalue weighted by atomic mass is 16.6. The summed E-state index contributed by atoms with van der Waals surface area (Å²) in [5, 5.41) is 44.5. The molecule has 0 aromatic rings. The van der Waals surface area contributed by atoms with Crippen LogP contribution in [0.5, 0.6) is 0 Å². The van der Waals surface area contributed by atoms with Gasteiger partial charge >= 0.3 is 23.9 Å². The fraction of sp³-hybridized carbons (Fsp3) is 0.950. The third-order valence-corrected chi connectivity index (χ3v) is 34.2. The first-order chi connectivity index (χ1) is 42.5. The third kappa shape index (κ3) is 8.93. The number of esters is 4. The van der Waals surface area contributed by atoms with Gasteiger partial charge in [-0.3, -0.25) is 19.2 Å². The Bertz CT molecular complexity index is 2780. The van der Waals surface area contributed by atoms with E-state index in [1.165, 1.54) is 51.4 Å². The van der Waals surface area contributed by atoms with Gasteiger partial charge < -0.3 is 39.4 Å². The first-order valence-corrected chi connectivity index (χ1v) is 38.3. The Labute approximate surface area is 553 Å². The van der Waals surface area contributed by atoms with Crippen LogP contribution in [-0.4, -0.2) is 89.1 Å². The average Bonchev–Trinajstić information content (AvgIpc) is 0.681. The van der Waals surface area contributed by atoms with Crippen molar-refractivity contribution in [3.05, 3.63) is 0 Å². The lowest BCUT2D eigenvalue weighted by Gasteiger charge is -2.75. The zero-order chi connectivity index (χ0) is 62.9. The summed E-state index contributed by atoms with van der Waals surface area (Å²) in [5.41, 5.74) is -3.04. The molecule has 10 unspecified atom stereocenters. The summed E-state index contributed by atoms with van der Waals surface area (Å²) < 4.78 is 25.2. The third-order valence-electron chi connectivity index (χ3n) is 34.2. The van der Waals surface area contributed by atoms with Crippen LogP contribution < -0.4 is 0 Å². The second-order valence-corrected chi connectivity index (χ2v) is 38.9. The molecule has 10 atom stereocenters. The second kappa shape index (κ2) is 21.1. The van der Waals surface area contributed by atoms with Crippen LogP contribution in [0.3, 0.4) is 0 Å². The largest absolute Gasteiger partial charge is 0.459 e. The van der Waals surface area contributed by atoms with Crippen molar-refractivity contribution in [3.63, 3.8) is 0 Å². The highest BCUT2D eigenvalue weighted by Gasteiger charge is 2.79. The molecule has 12 nitrogen and oxygen atoms in total. The van der Waals surface area contributed by atoms with Crippen molar-refractivity contribution in [1.82, 2.24) is 0 Å². The Kier molecular flexibility index (Phi) is 15.1. The topological polar surface area (TPSA) is 186 Å². The molecule has 4 N–H and O–H groups in total. The standard InChI is InChI=1S/2C20H30O3.2C19H28O3.2CH4/c1-4-18(2,3)17(21)23-20-10-12-5-13-15(20)7-11-8-16(20)14(6-12)19(13,22)9-11;1-4-18(2,3)17(21)23-20-8-14-11-5-19(22)6-12(14)16(10-20)13(7-19)15(11)9-20;1-3-10(2)17(20)22-19-9-12-4-13-15(19)6-11-7-16(19)14(5-12)18(13,21)8-11;1-3-10(2)17(20)22-19-7-14-11-4-18(21)5-12(14)16(9-19)13(6-18)15(11)8-19;;/h2*11-16,22H,4-10H2,1-3H3;2*10-16,21H,3-9H2,1-2H3;2*1H4. The summed E-state index contributed by atoms with van der Waals surface area (Å²) in [6.07, 6.45) is 29.6. The average molecular weight is 1280 g/mol. The van der Waals surface area contributed by atoms with E-state index in [1.54, 1.807) is 0 Å². The number of carbonyl (C=O) groups is 4. The lowest BCUT2D eigenvalue weighted by molar-refractivity contribution is -0.345. The fourth-order valence-corrected chi connectivity index (χ4v) is 29.9. The second-order valence-electron chi connectivity index (χ2n) is 38.9. The van der Waals surface area contributed by atoms with E-state index >= 15 is 0 Å². The van der Waals surface area contributed by atoms with E-state index in [0.717, 1.165) is 164 Å². The molecule has 0 aromatic heterocycles. The first-order valence-electron chi connectivity index (χ1n) is 38.3. The van der Waals surface area contributed by atoms with Gasteiger partial charge in [-0.15, -0.1) is 0 Å². The molecule has 0 aliphatic heterocycles. The smallest absolute Gasteiger partial charge is 0.312 e.